The summed E-state index contributed by atoms with van der Waals surface area (Å²) < 4.78 is 0. The lowest BCUT2D eigenvalue weighted by Gasteiger charge is -2.12. The van der Waals surface area contributed by atoms with Gasteiger partial charge in [-0.2, -0.15) is 0 Å². The van der Waals surface area contributed by atoms with E-state index in [1.165, 1.54) is 9.80 Å². The van der Waals surface area contributed by atoms with Crippen LogP contribution in [0.1, 0.15) is 93.8 Å². The highest BCUT2D eigenvalue weighted by Gasteiger charge is 2.36. The third-order valence-corrected chi connectivity index (χ3v) is 10.4. The number of thiophene rings is 2. The van der Waals surface area contributed by atoms with E-state index in [1.807, 2.05) is 36.4 Å². The molecule has 0 spiro atoms. The molecule has 0 bridgehead atoms. The lowest BCUT2D eigenvalue weighted by Crippen LogP contribution is -2.30. The Morgan fingerprint density at radius 3 is 1.26 bits per heavy atom. The first-order chi connectivity index (χ1) is 20.4. The van der Waals surface area contributed by atoms with Crippen molar-refractivity contribution in [1.29, 1.82) is 0 Å². The van der Waals surface area contributed by atoms with Crippen molar-refractivity contribution in [3.63, 3.8) is 0 Å². The zero-order valence-corrected chi connectivity index (χ0v) is 25.4. The second kappa shape index (κ2) is 11.8. The van der Waals surface area contributed by atoms with E-state index < -0.39 is 0 Å². The number of unbranched alkanes of at least 4 members (excludes halogenated alkanes) is 4. The van der Waals surface area contributed by atoms with Crippen molar-refractivity contribution >= 4 is 46.3 Å². The van der Waals surface area contributed by atoms with Crippen molar-refractivity contribution in [2.45, 2.75) is 52.4 Å². The van der Waals surface area contributed by atoms with E-state index >= 15 is 0 Å². The summed E-state index contributed by atoms with van der Waals surface area (Å²) in [7, 11) is 0. The first-order valence-electron chi connectivity index (χ1n) is 14.6. The second-order valence-electron chi connectivity index (χ2n) is 10.8. The van der Waals surface area contributed by atoms with Gasteiger partial charge in [0.1, 0.15) is 0 Å². The molecule has 2 aliphatic heterocycles. The molecule has 0 saturated heterocycles. The zero-order valence-electron chi connectivity index (χ0n) is 23.8. The lowest BCUT2D eigenvalue weighted by molar-refractivity contribution is 0.0636. The number of carbonyl (C=O) groups excluding carboxylic acids is 4. The van der Waals surface area contributed by atoms with Gasteiger partial charge in [0.15, 0.2) is 0 Å². The summed E-state index contributed by atoms with van der Waals surface area (Å²) in [6.45, 7) is 5.13. The maximum atomic E-state index is 13.0. The van der Waals surface area contributed by atoms with Gasteiger partial charge in [0.2, 0.25) is 0 Å². The summed E-state index contributed by atoms with van der Waals surface area (Å²) >= 11 is 3.28. The average molecular weight is 597 g/mol. The molecule has 0 radical (unpaired) electrons. The summed E-state index contributed by atoms with van der Waals surface area (Å²) in [5.41, 5.74) is 3.77. The van der Waals surface area contributed by atoms with Gasteiger partial charge in [-0.05, 0) is 72.5 Å². The van der Waals surface area contributed by atoms with Crippen molar-refractivity contribution in [3.05, 3.63) is 82.9 Å². The normalized spacial score (nSPS) is 14.3. The molecule has 2 aromatic heterocycles. The smallest absolute Gasteiger partial charge is 0.261 e. The van der Waals surface area contributed by atoms with Crippen LogP contribution in [0.15, 0.2) is 60.7 Å². The standard InChI is InChI=1S/C34H32N2O4S2/c1-3-5-7-17-35-31(37)23-11-9-21(19-25(23)33(35)39)27-13-15-29(41-27)30-16-14-28(42-30)22-10-12-24-26(20-22)34(40)36(32(24)38)18-8-6-4-2/h9-16,19-20H,3-8,17-18H2,1-2H3. The van der Waals surface area contributed by atoms with E-state index in [2.05, 4.69) is 26.0 Å². The van der Waals surface area contributed by atoms with Crippen LogP contribution in [0.2, 0.25) is 0 Å². The average Bonchev–Trinajstić information content (AvgIpc) is 3.78. The summed E-state index contributed by atoms with van der Waals surface area (Å²) in [6.07, 6.45) is 5.69. The minimum atomic E-state index is -0.203. The highest BCUT2D eigenvalue weighted by molar-refractivity contribution is 7.25. The molecule has 0 atom stereocenters. The van der Waals surface area contributed by atoms with E-state index in [-0.39, 0.29) is 23.6 Å². The van der Waals surface area contributed by atoms with Gasteiger partial charge in [-0.25, -0.2) is 0 Å². The van der Waals surface area contributed by atoms with Crippen LogP contribution in [0, 0.1) is 0 Å². The molecule has 4 aromatic rings. The predicted molar refractivity (Wildman–Crippen MR) is 168 cm³/mol. The van der Waals surface area contributed by atoms with Gasteiger partial charge in [-0.1, -0.05) is 51.7 Å². The molecule has 6 rings (SSSR count). The molecule has 214 valence electrons. The number of hydrogen-bond acceptors (Lipinski definition) is 6. The fraction of sp³-hybridized carbons (Fsp3) is 0.294. The van der Waals surface area contributed by atoms with Crippen molar-refractivity contribution in [2.75, 3.05) is 13.1 Å². The Kier molecular flexibility index (Phi) is 7.92. The van der Waals surface area contributed by atoms with Gasteiger partial charge in [-0.15, -0.1) is 22.7 Å². The number of benzene rings is 2. The molecule has 2 aromatic carbocycles. The minimum Gasteiger partial charge on any atom is -0.274 e. The monoisotopic (exact) mass is 596 g/mol. The van der Waals surface area contributed by atoms with Crippen LogP contribution < -0.4 is 0 Å². The SMILES string of the molecule is CCCCCN1C(=O)c2ccc(-c3ccc(-c4ccc(-c5ccc6c(c5)C(=O)N(CCCCC)C6=O)s4)s3)cc2C1=O. The molecule has 0 saturated carbocycles. The summed E-state index contributed by atoms with van der Waals surface area (Å²) in [4.78, 5) is 58.6. The van der Waals surface area contributed by atoms with Gasteiger partial charge in [0.05, 0.1) is 22.3 Å². The molecule has 8 heteroatoms. The molecule has 42 heavy (non-hydrogen) atoms. The van der Waals surface area contributed by atoms with Gasteiger partial charge < -0.3 is 0 Å². The number of imide groups is 2. The molecule has 0 fully saturated rings. The third-order valence-electron chi connectivity index (χ3n) is 7.94. The van der Waals surface area contributed by atoms with Crippen LogP contribution in [0.3, 0.4) is 0 Å². The highest BCUT2D eigenvalue weighted by Crippen LogP contribution is 2.41. The first kappa shape index (κ1) is 28.2. The van der Waals surface area contributed by atoms with Gasteiger partial charge >= 0.3 is 0 Å². The molecule has 4 heterocycles. The third kappa shape index (κ3) is 5.03. The zero-order chi connectivity index (χ0) is 29.4. The highest BCUT2D eigenvalue weighted by atomic mass is 32.1. The van der Waals surface area contributed by atoms with E-state index in [1.54, 1.807) is 34.8 Å². The van der Waals surface area contributed by atoms with E-state index in [0.717, 1.165) is 69.2 Å². The van der Waals surface area contributed by atoms with Gasteiger partial charge in [-0.3, -0.25) is 29.0 Å². The Labute approximate surface area is 253 Å². The molecular weight excluding hydrogens is 565 g/mol. The quantitative estimate of drug-likeness (QED) is 0.129. The van der Waals surface area contributed by atoms with Crippen LogP contribution >= 0.6 is 22.7 Å². The van der Waals surface area contributed by atoms with Crippen LogP contribution in [-0.4, -0.2) is 46.5 Å². The van der Waals surface area contributed by atoms with Crippen LogP contribution in [-0.2, 0) is 0 Å². The predicted octanol–water partition coefficient (Wildman–Crippen LogP) is 8.38. The maximum Gasteiger partial charge on any atom is 0.261 e. The summed E-state index contributed by atoms with van der Waals surface area (Å²) in [5.74, 6) is -0.799. The number of rotatable bonds is 11. The van der Waals surface area contributed by atoms with Crippen molar-refractivity contribution < 1.29 is 19.2 Å². The van der Waals surface area contributed by atoms with E-state index in [0.29, 0.717) is 35.3 Å². The number of hydrogen-bond donors (Lipinski definition) is 0. The van der Waals surface area contributed by atoms with Crippen molar-refractivity contribution in [1.82, 2.24) is 9.80 Å². The van der Waals surface area contributed by atoms with Crippen molar-refractivity contribution in [3.8, 4) is 30.6 Å². The Morgan fingerprint density at radius 2 is 0.857 bits per heavy atom. The minimum absolute atomic E-state index is 0.197. The maximum absolute atomic E-state index is 13.0. The first-order valence-corrected chi connectivity index (χ1v) is 16.3. The lowest BCUT2D eigenvalue weighted by atomic mass is 10.0. The molecule has 6 nitrogen and oxygen atoms in total. The molecule has 2 aliphatic rings. The molecule has 4 amide bonds. The van der Waals surface area contributed by atoms with Gasteiger partial charge in [0.25, 0.3) is 23.6 Å². The Bertz CT molecular complexity index is 1590. The van der Waals surface area contributed by atoms with E-state index in [4.69, 9.17) is 0 Å². The van der Waals surface area contributed by atoms with Crippen LogP contribution in [0.5, 0.6) is 0 Å². The summed E-state index contributed by atoms with van der Waals surface area (Å²) in [6, 6.07) is 19.3. The number of amides is 4. The second-order valence-corrected chi connectivity index (χ2v) is 13.0. The molecule has 0 N–H and O–H groups in total. The molecular formula is C34H32N2O4S2. The van der Waals surface area contributed by atoms with Gasteiger partial charge in [0, 0.05) is 32.6 Å². The Balaban J connectivity index is 1.20. The fourth-order valence-corrected chi connectivity index (χ4v) is 7.68. The van der Waals surface area contributed by atoms with Crippen LogP contribution in [0.25, 0.3) is 30.6 Å². The topological polar surface area (TPSA) is 74.8 Å². The van der Waals surface area contributed by atoms with Crippen molar-refractivity contribution in [2.24, 2.45) is 0 Å². The Hall–Kier alpha value is -3.88. The molecule has 0 unspecified atom stereocenters. The fourth-order valence-electron chi connectivity index (χ4n) is 5.58. The number of fused-ring (bicyclic) bond motifs is 2. The summed E-state index contributed by atoms with van der Waals surface area (Å²) in [5, 5.41) is 0. The number of nitrogens with zero attached hydrogens (tertiary/aromatic N) is 2. The van der Waals surface area contributed by atoms with E-state index in [9.17, 15) is 19.2 Å². The Morgan fingerprint density at radius 1 is 0.476 bits per heavy atom. The van der Waals surface area contributed by atoms with Crippen LogP contribution in [0.4, 0.5) is 0 Å². The number of carbonyl (C=O) groups is 4. The molecule has 0 aliphatic carbocycles. The largest absolute Gasteiger partial charge is 0.274 e.